The van der Waals surface area contributed by atoms with Crippen LogP contribution in [0.1, 0.15) is 18.2 Å². The Morgan fingerprint density at radius 1 is 1.14 bits per heavy atom. The zero-order chi connectivity index (χ0) is 9.97. The highest BCUT2D eigenvalue weighted by Crippen LogP contribution is 2.14. The Kier molecular flexibility index (Phi) is 2.32. The van der Waals surface area contributed by atoms with E-state index < -0.39 is 0 Å². The van der Waals surface area contributed by atoms with Crippen molar-refractivity contribution < 1.29 is 0 Å². The van der Waals surface area contributed by atoms with Crippen LogP contribution in [0.2, 0.25) is 0 Å². The van der Waals surface area contributed by atoms with E-state index in [1.807, 2.05) is 25.1 Å². The fourth-order valence-electron chi connectivity index (χ4n) is 1.52. The molecule has 0 aliphatic heterocycles. The summed E-state index contributed by atoms with van der Waals surface area (Å²) in [4.78, 5) is 4.52. The van der Waals surface area contributed by atoms with Crippen molar-refractivity contribution in [1.82, 2.24) is 4.98 Å². The number of allylic oxidation sites excluding steroid dienone is 1. The second kappa shape index (κ2) is 3.62. The summed E-state index contributed by atoms with van der Waals surface area (Å²) < 4.78 is 0. The Bertz CT molecular complexity index is 484. The summed E-state index contributed by atoms with van der Waals surface area (Å²) in [5, 5.41) is 1.21. The van der Waals surface area contributed by atoms with Crippen molar-refractivity contribution in [2.24, 2.45) is 0 Å². The topological polar surface area (TPSA) is 12.9 Å². The van der Waals surface area contributed by atoms with Gasteiger partial charge in [-0.05, 0) is 38.1 Å². The van der Waals surface area contributed by atoms with E-state index in [-0.39, 0.29) is 0 Å². The molecule has 1 aromatic heterocycles. The summed E-state index contributed by atoms with van der Waals surface area (Å²) in [5.41, 5.74) is 3.35. The van der Waals surface area contributed by atoms with Gasteiger partial charge in [-0.3, -0.25) is 0 Å². The number of benzene rings is 1. The molecule has 0 aliphatic carbocycles. The Labute approximate surface area is 84.1 Å². The van der Waals surface area contributed by atoms with Crippen LogP contribution >= 0.6 is 0 Å². The summed E-state index contributed by atoms with van der Waals surface area (Å²) in [6.45, 7) is 4.10. The maximum absolute atomic E-state index is 4.52. The normalized spacial score (nSPS) is 11.3. The van der Waals surface area contributed by atoms with Crippen molar-refractivity contribution >= 4 is 17.0 Å². The molecule has 0 N–H and O–H groups in total. The summed E-state index contributed by atoms with van der Waals surface area (Å²) in [5.74, 6) is 0. The van der Waals surface area contributed by atoms with Crippen LogP contribution in [0, 0.1) is 6.92 Å². The van der Waals surface area contributed by atoms with Crippen molar-refractivity contribution in [3.8, 4) is 0 Å². The lowest BCUT2D eigenvalue weighted by atomic mass is 10.1. The van der Waals surface area contributed by atoms with E-state index >= 15 is 0 Å². The van der Waals surface area contributed by atoms with Crippen molar-refractivity contribution in [1.29, 1.82) is 0 Å². The van der Waals surface area contributed by atoms with E-state index in [4.69, 9.17) is 0 Å². The highest BCUT2D eigenvalue weighted by Gasteiger charge is 1.95. The molecular formula is C13H13N. The monoisotopic (exact) mass is 183 g/mol. The second-order valence-electron chi connectivity index (χ2n) is 3.43. The molecule has 1 heteroatoms. The van der Waals surface area contributed by atoms with Gasteiger partial charge in [0.15, 0.2) is 0 Å². The van der Waals surface area contributed by atoms with Crippen molar-refractivity contribution in [3.05, 3.63) is 47.7 Å². The van der Waals surface area contributed by atoms with Gasteiger partial charge >= 0.3 is 0 Å². The minimum Gasteiger partial charge on any atom is -0.248 e. The number of rotatable bonds is 1. The van der Waals surface area contributed by atoms with Gasteiger partial charge in [0.05, 0.1) is 11.2 Å². The SMILES string of the molecule is C/C=C/c1ccc2cc(C)ccc2n1. The van der Waals surface area contributed by atoms with E-state index in [9.17, 15) is 0 Å². The highest BCUT2D eigenvalue weighted by molar-refractivity contribution is 5.80. The van der Waals surface area contributed by atoms with Gasteiger partial charge in [-0.25, -0.2) is 4.98 Å². The standard InChI is InChI=1S/C13H13N/c1-3-4-12-7-6-11-9-10(2)5-8-13(11)14-12/h3-9H,1-2H3/b4-3+. The zero-order valence-corrected chi connectivity index (χ0v) is 8.49. The van der Waals surface area contributed by atoms with E-state index in [1.165, 1.54) is 10.9 Å². The van der Waals surface area contributed by atoms with Crippen LogP contribution in [-0.4, -0.2) is 4.98 Å². The van der Waals surface area contributed by atoms with Crippen LogP contribution < -0.4 is 0 Å². The number of aryl methyl sites for hydroxylation is 1. The number of hydrogen-bond donors (Lipinski definition) is 0. The van der Waals surface area contributed by atoms with Gasteiger partial charge < -0.3 is 0 Å². The van der Waals surface area contributed by atoms with Gasteiger partial charge in [0.2, 0.25) is 0 Å². The van der Waals surface area contributed by atoms with Crippen LogP contribution in [0.4, 0.5) is 0 Å². The summed E-state index contributed by atoms with van der Waals surface area (Å²) >= 11 is 0. The zero-order valence-electron chi connectivity index (χ0n) is 8.49. The Morgan fingerprint density at radius 3 is 2.79 bits per heavy atom. The summed E-state index contributed by atoms with van der Waals surface area (Å²) in [6, 6.07) is 10.5. The third kappa shape index (κ3) is 1.67. The Hall–Kier alpha value is -1.63. The van der Waals surface area contributed by atoms with Crippen LogP contribution in [0.5, 0.6) is 0 Å². The average Bonchev–Trinajstić information content (AvgIpc) is 2.19. The van der Waals surface area contributed by atoms with Gasteiger partial charge in [0, 0.05) is 5.39 Å². The molecule has 0 spiro atoms. The number of aromatic nitrogens is 1. The Balaban J connectivity index is 2.61. The molecule has 0 saturated heterocycles. The van der Waals surface area contributed by atoms with Crippen molar-refractivity contribution in [3.63, 3.8) is 0 Å². The molecule has 1 nitrogen and oxygen atoms in total. The van der Waals surface area contributed by atoms with Gasteiger partial charge in [0.1, 0.15) is 0 Å². The first-order chi connectivity index (χ1) is 6.79. The van der Waals surface area contributed by atoms with Crippen LogP contribution in [-0.2, 0) is 0 Å². The van der Waals surface area contributed by atoms with E-state index in [0.29, 0.717) is 0 Å². The van der Waals surface area contributed by atoms with E-state index in [1.54, 1.807) is 0 Å². The number of fused-ring (bicyclic) bond motifs is 1. The molecule has 0 amide bonds. The molecule has 2 aromatic rings. The third-order valence-corrected chi connectivity index (χ3v) is 2.20. The maximum atomic E-state index is 4.52. The largest absolute Gasteiger partial charge is 0.248 e. The highest BCUT2D eigenvalue weighted by atomic mass is 14.7. The summed E-state index contributed by atoms with van der Waals surface area (Å²) in [6.07, 6.45) is 4.02. The first-order valence-electron chi connectivity index (χ1n) is 4.80. The maximum Gasteiger partial charge on any atom is 0.0709 e. The lowest BCUT2D eigenvalue weighted by Crippen LogP contribution is -1.83. The molecular weight excluding hydrogens is 170 g/mol. The molecule has 14 heavy (non-hydrogen) atoms. The quantitative estimate of drug-likeness (QED) is 0.658. The Morgan fingerprint density at radius 2 is 2.00 bits per heavy atom. The lowest BCUT2D eigenvalue weighted by Gasteiger charge is -1.99. The first kappa shape index (κ1) is 8.95. The molecule has 0 saturated carbocycles. The molecule has 0 atom stereocenters. The van der Waals surface area contributed by atoms with E-state index in [2.05, 4.69) is 36.2 Å². The minimum atomic E-state index is 1.02. The van der Waals surface area contributed by atoms with Crippen LogP contribution in [0.15, 0.2) is 36.4 Å². The van der Waals surface area contributed by atoms with Gasteiger partial charge in [-0.1, -0.05) is 23.8 Å². The number of pyridine rings is 1. The van der Waals surface area contributed by atoms with Crippen molar-refractivity contribution in [2.75, 3.05) is 0 Å². The first-order valence-corrected chi connectivity index (χ1v) is 4.80. The lowest BCUT2D eigenvalue weighted by molar-refractivity contribution is 1.36. The molecule has 1 heterocycles. The van der Waals surface area contributed by atoms with Gasteiger partial charge in [-0.2, -0.15) is 0 Å². The van der Waals surface area contributed by atoms with Crippen LogP contribution in [0.3, 0.4) is 0 Å². The third-order valence-electron chi connectivity index (χ3n) is 2.20. The van der Waals surface area contributed by atoms with Gasteiger partial charge in [0.25, 0.3) is 0 Å². The van der Waals surface area contributed by atoms with Gasteiger partial charge in [-0.15, -0.1) is 0 Å². The molecule has 2 rings (SSSR count). The van der Waals surface area contributed by atoms with Crippen molar-refractivity contribution in [2.45, 2.75) is 13.8 Å². The molecule has 70 valence electrons. The molecule has 0 aliphatic rings. The second-order valence-corrected chi connectivity index (χ2v) is 3.43. The molecule has 0 radical (unpaired) electrons. The molecule has 0 fully saturated rings. The summed E-state index contributed by atoms with van der Waals surface area (Å²) in [7, 11) is 0. The predicted octanol–water partition coefficient (Wildman–Crippen LogP) is 3.58. The average molecular weight is 183 g/mol. The molecule has 0 bridgehead atoms. The predicted molar refractivity (Wildman–Crippen MR) is 61.2 cm³/mol. The smallest absolute Gasteiger partial charge is 0.0709 e. The molecule has 0 unspecified atom stereocenters. The minimum absolute atomic E-state index is 1.02. The van der Waals surface area contributed by atoms with E-state index in [0.717, 1.165) is 11.2 Å². The number of hydrogen-bond acceptors (Lipinski definition) is 1. The fourth-order valence-corrected chi connectivity index (χ4v) is 1.52. The number of nitrogens with zero attached hydrogens (tertiary/aromatic N) is 1. The van der Waals surface area contributed by atoms with Crippen LogP contribution in [0.25, 0.3) is 17.0 Å². The molecule has 1 aromatic carbocycles. The fraction of sp³-hybridized carbons (Fsp3) is 0.154.